The number of amides is 1. The Morgan fingerprint density at radius 2 is 2.04 bits per heavy atom. The number of aromatic nitrogens is 1. The molecule has 0 saturated heterocycles. The van der Waals surface area contributed by atoms with Gasteiger partial charge in [-0.2, -0.15) is 4.99 Å². The molecule has 2 fully saturated rings. The van der Waals surface area contributed by atoms with Crippen molar-refractivity contribution in [3.05, 3.63) is 30.1 Å². The van der Waals surface area contributed by atoms with Crippen LogP contribution in [0, 0.1) is 11.8 Å². The van der Waals surface area contributed by atoms with E-state index in [1.165, 1.54) is 11.8 Å². The van der Waals surface area contributed by atoms with E-state index in [4.69, 9.17) is 0 Å². The van der Waals surface area contributed by atoms with Crippen molar-refractivity contribution in [1.82, 2.24) is 10.3 Å². The third-order valence-corrected chi connectivity index (χ3v) is 6.50. The van der Waals surface area contributed by atoms with Gasteiger partial charge in [-0.15, -0.1) is 0 Å². The van der Waals surface area contributed by atoms with Gasteiger partial charge in [0.1, 0.15) is 4.75 Å². The third-order valence-electron chi connectivity index (χ3n) is 5.28. The SMILES string of the molecule is CC1(c2ccncc2)SC(N[C@H]2C[C@@H]3C[C@@H]2CC3(F)F)=NC1=O. The number of hydrogen-bond donors (Lipinski definition) is 1. The zero-order valence-corrected chi connectivity index (χ0v) is 13.4. The molecule has 2 bridgehead atoms. The van der Waals surface area contributed by atoms with E-state index < -0.39 is 16.6 Å². The Hall–Kier alpha value is -1.50. The molecule has 2 saturated carbocycles. The number of rotatable bonds is 2. The Labute approximate surface area is 137 Å². The van der Waals surface area contributed by atoms with Gasteiger partial charge in [0, 0.05) is 30.8 Å². The topological polar surface area (TPSA) is 54.4 Å². The molecule has 2 heterocycles. The smallest absolute Gasteiger partial charge is 0.268 e. The molecule has 1 aliphatic heterocycles. The van der Waals surface area contributed by atoms with Crippen LogP contribution in [0.25, 0.3) is 0 Å². The highest BCUT2D eigenvalue weighted by Gasteiger charge is 2.57. The molecule has 7 heteroatoms. The molecule has 4 rings (SSSR count). The number of halogens is 2. The molecule has 0 radical (unpaired) electrons. The normalized spacial score (nSPS) is 38.0. The minimum absolute atomic E-state index is 0.00142. The minimum Gasteiger partial charge on any atom is -0.361 e. The first-order valence-corrected chi connectivity index (χ1v) is 8.57. The summed E-state index contributed by atoms with van der Waals surface area (Å²) < 4.78 is 26.4. The monoisotopic (exact) mass is 337 g/mol. The maximum absolute atomic E-state index is 13.6. The number of thioether (sulfide) groups is 1. The summed E-state index contributed by atoms with van der Waals surface area (Å²) in [5.41, 5.74) is 0.850. The van der Waals surface area contributed by atoms with Crippen LogP contribution >= 0.6 is 11.8 Å². The second-order valence-electron chi connectivity index (χ2n) is 6.74. The molecule has 3 aliphatic rings. The Morgan fingerprint density at radius 1 is 1.30 bits per heavy atom. The predicted molar refractivity (Wildman–Crippen MR) is 84.3 cm³/mol. The van der Waals surface area contributed by atoms with Crippen molar-refractivity contribution < 1.29 is 13.6 Å². The average molecular weight is 337 g/mol. The lowest BCUT2D eigenvalue weighted by molar-refractivity contribution is -0.119. The van der Waals surface area contributed by atoms with Crippen molar-refractivity contribution in [3.63, 3.8) is 0 Å². The lowest BCUT2D eigenvalue weighted by Gasteiger charge is -2.29. The molecule has 122 valence electrons. The molecule has 23 heavy (non-hydrogen) atoms. The number of nitrogens with zero attached hydrogens (tertiary/aromatic N) is 2. The predicted octanol–water partition coefficient (Wildman–Crippen LogP) is 2.95. The van der Waals surface area contributed by atoms with Crippen LogP contribution in [-0.2, 0) is 9.54 Å². The Morgan fingerprint density at radius 3 is 2.65 bits per heavy atom. The number of amidine groups is 1. The van der Waals surface area contributed by atoms with E-state index >= 15 is 0 Å². The van der Waals surface area contributed by atoms with Crippen molar-refractivity contribution >= 4 is 22.8 Å². The number of pyridine rings is 1. The van der Waals surface area contributed by atoms with Crippen molar-refractivity contribution in [2.75, 3.05) is 0 Å². The van der Waals surface area contributed by atoms with Crippen molar-refractivity contribution in [2.45, 2.75) is 42.9 Å². The zero-order valence-electron chi connectivity index (χ0n) is 12.6. The van der Waals surface area contributed by atoms with Gasteiger partial charge in [0.2, 0.25) is 0 Å². The van der Waals surface area contributed by atoms with Crippen LogP contribution in [0.2, 0.25) is 0 Å². The molecular weight excluding hydrogens is 320 g/mol. The van der Waals surface area contributed by atoms with Crippen molar-refractivity contribution in [1.29, 1.82) is 0 Å². The van der Waals surface area contributed by atoms with Gasteiger partial charge in [-0.3, -0.25) is 9.78 Å². The van der Waals surface area contributed by atoms with Gasteiger partial charge in [0.15, 0.2) is 5.17 Å². The second-order valence-corrected chi connectivity index (χ2v) is 8.15. The number of fused-ring (bicyclic) bond motifs is 2. The number of carbonyl (C=O) groups is 1. The van der Waals surface area contributed by atoms with Crippen molar-refractivity contribution in [3.8, 4) is 0 Å². The molecule has 4 nitrogen and oxygen atoms in total. The molecule has 1 amide bonds. The summed E-state index contributed by atoms with van der Waals surface area (Å²) in [4.78, 5) is 20.4. The third kappa shape index (κ3) is 2.36. The summed E-state index contributed by atoms with van der Waals surface area (Å²) >= 11 is 1.36. The van der Waals surface area contributed by atoms with Crippen LogP contribution in [0.5, 0.6) is 0 Å². The first-order chi connectivity index (χ1) is 10.9. The summed E-state index contributed by atoms with van der Waals surface area (Å²) in [7, 11) is 0. The number of aliphatic imine (C=N–C) groups is 1. The average Bonchev–Trinajstić information content (AvgIpc) is 3.12. The van der Waals surface area contributed by atoms with Gasteiger partial charge < -0.3 is 5.32 Å². The highest BCUT2D eigenvalue weighted by Crippen LogP contribution is 2.54. The fourth-order valence-electron chi connectivity index (χ4n) is 3.92. The van der Waals surface area contributed by atoms with E-state index in [9.17, 15) is 13.6 Å². The molecule has 2 aliphatic carbocycles. The van der Waals surface area contributed by atoms with Crippen LogP contribution in [-0.4, -0.2) is 28.0 Å². The number of nitrogens with one attached hydrogen (secondary N) is 1. The van der Waals surface area contributed by atoms with Crippen molar-refractivity contribution in [2.24, 2.45) is 16.8 Å². The van der Waals surface area contributed by atoms with E-state index in [2.05, 4.69) is 15.3 Å². The number of hydrogen-bond acceptors (Lipinski definition) is 4. The van der Waals surface area contributed by atoms with Gasteiger partial charge in [-0.1, -0.05) is 11.8 Å². The van der Waals surface area contributed by atoms with Crippen LogP contribution in [0.15, 0.2) is 29.5 Å². The van der Waals surface area contributed by atoms with E-state index in [0.717, 1.165) is 5.56 Å². The van der Waals surface area contributed by atoms with Crippen LogP contribution in [0.1, 0.15) is 31.7 Å². The fourth-order valence-corrected chi connectivity index (χ4v) is 5.03. The zero-order chi connectivity index (χ0) is 16.2. The summed E-state index contributed by atoms with van der Waals surface area (Å²) in [6.07, 6.45) is 4.27. The van der Waals surface area contributed by atoms with Crippen LogP contribution in [0.3, 0.4) is 0 Å². The molecule has 1 aromatic heterocycles. The number of alkyl halides is 2. The highest BCUT2D eigenvalue weighted by atomic mass is 32.2. The van der Waals surface area contributed by atoms with E-state index in [1.54, 1.807) is 24.5 Å². The first kappa shape index (κ1) is 15.1. The second kappa shape index (κ2) is 5.00. The summed E-state index contributed by atoms with van der Waals surface area (Å²) in [6, 6.07) is 3.61. The molecule has 0 spiro atoms. The lowest BCUT2D eigenvalue weighted by atomic mass is 9.92. The quantitative estimate of drug-likeness (QED) is 0.901. The molecular formula is C16H17F2N3OS. The molecule has 1 aromatic rings. The summed E-state index contributed by atoms with van der Waals surface area (Å²) in [5.74, 6) is -3.29. The maximum Gasteiger partial charge on any atom is 0.268 e. The largest absolute Gasteiger partial charge is 0.361 e. The molecule has 1 N–H and O–H groups in total. The Balaban J connectivity index is 1.47. The van der Waals surface area contributed by atoms with E-state index in [0.29, 0.717) is 18.0 Å². The minimum atomic E-state index is -2.52. The Kier molecular flexibility index (Phi) is 3.27. The van der Waals surface area contributed by atoms with Crippen LogP contribution in [0.4, 0.5) is 8.78 Å². The summed E-state index contributed by atoms with van der Waals surface area (Å²) in [5, 5.41) is 3.80. The standard InChI is InChI=1S/C16H17F2N3OS/c1-15(10-2-4-19-5-3-10)13(22)21-14(23-15)20-12-7-11-6-9(12)8-16(11,17)18/h2-5,9,11-12H,6-8H2,1H3,(H,20,21,22)/t9-,11+,12+,15?/m1/s1. The van der Waals surface area contributed by atoms with Gasteiger partial charge in [-0.25, -0.2) is 8.78 Å². The van der Waals surface area contributed by atoms with Crippen LogP contribution < -0.4 is 5.32 Å². The molecule has 4 atom stereocenters. The van der Waals surface area contributed by atoms with Gasteiger partial charge in [0.05, 0.1) is 0 Å². The van der Waals surface area contributed by atoms with E-state index in [-0.39, 0.29) is 24.3 Å². The molecule has 1 unspecified atom stereocenters. The van der Waals surface area contributed by atoms with Gasteiger partial charge in [-0.05, 0) is 43.4 Å². The van der Waals surface area contributed by atoms with Gasteiger partial charge in [0.25, 0.3) is 11.8 Å². The number of carbonyl (C=O) groups excluding carboxylic acids is 1. The lowest BCUT2D eigenvalue weighted by Crippen LogP contribution is -2.41. The molecule has 0 aromatic carbocycles. The summed E-state index contributed by atoms with van der Waals surface area (Å²) in [6.45, 7) is 1.84. The fraction of sp³-hybridized carbons (Fsp3) is 0.562. The first-order valence-electron chi connectivity index (χ1n) is 7.75. The van der Waals surface area contributed by atoms with Gasteiger partial charge >= 0.3 is 0 Å². The highest BCUT2D eigenvalue weighted by molar-refractivity contribution is 8.15. The maximum atomic E-state index is 13.6. The Bertz CT molecular complexity index is 681. The van der Waals surface area contributed by atoms with E-state index in [1.807, 2.05) is 6.92 Å².